The van der Waals surface area contributed by atoms with Crippen molar-refractivity contribution >= 4 is 22.6 Å². The zero-order chi connectivity index (χ0) is 20.7. The SMILES string of the molecule is CNCc1cnc(NC(=O)C2CC2)c2[nH]c(-c3cccc(-c4ncn(C)n4)c3)cc12. The summed E-state index contributed by atoms with van der Waals surface area (Å²) in [4.78, 5) is 24.7. The number of benzene rings is 1. The molecule has 0 atom stereocenters. The average Bonchev–Trinajstić information content (AvgIpc) is 3.36. The van der Waals surface area contributed by atoms with E-state index in [0.29, 0.717) is 18.2 Å². The summed E-state index contributed by atoms with van der Waals surface area (Å²) in [5.74, 6) is 1.43. The van der Waals surface area contributed by atoms with Gasteiger partial charge in [0.05, 0.1) is 5.52 Å². The first-order valence-corrected chi connectivity index (χ1v) is 10.0. The van der Waals surface area contributed by atoms with Gasteiger partial charge in [-0.15, -0.1) is 0 Å². The summed E-state index contributed by atoms with van der Waals surface area (Å²) in [5.41, 5.74) is 4.83. The van der Waals surface area contributed by atoms with Gasteiger partial charge in [-0.1, -0.05) is 18.2 Å². The van der Waals surface area contributed by atoms with E-state index in [2.05, 4.69) is 42.8 Å². The Balaban J connectivity index is 1.57. The maximum atomic E-state index is 12.3. The molecule has 0 unspecified atom stereocenters. The highest BCUT2D eigenvalue weighted by Gasteiger charge is 2.30. The lowest BCUT2D eigenvalue weighted by Gasteiger charge is -2.08. The fourth-order valence-corrected chi connectivity index (χ4v) is 3.61. The van der Waals surface area contributed by atoms with Crippen molar-refractivity contribution in [2.24, 2.45) is 13.0 Å². The summed E-state index contributed by atoms with van der Waals surface area (Å²) in [6, 6.07) is 10.2. The van der Waals surface area contributed by atoms with Crippen molar-refractivity contribution in [3.8, 4) is 22.6 Å². The smallest absolute Gasteiger partial charge is 0.228 e. The molecule has 3 heterocycles. The van der Waals surface area contributed by atoms with E-state index in [9.17, 15) is 4.79 Å². The number of H-pyrrole nitrogens is 1. The number of fused-ring (bicyclic) bond motifs is 1. The molecular weight excluding hydrogens is 378 g/mol. The number of nitrogens with one attached hydrogen (secondary N) is 3. The molecule has 0 radical (unpaired) electrons. The number of aromatic amines is 1. The maximum absolute atomic E-state index is 12.3. The number of nitrogens with zero attached hydrogens (tertiary/aromatic N) is 4. The largest absolute Gasteiger partial charge is 0.351 e. The van der Waals surface area contributed by atoms with Gasteiger partial charge in [0, 0.05) is 42.4 Å². The zero-order valence-corrected chi connectivity index (χ0v) is 16.9. The van der Waals surface area contributed by atoms with E-state index in [1.807, 2.05) is 38.5 Å². The molecule has 1 aliphatic carbocycles. The third-order valence-corrected chi connectivity index (χ3v) is 5.34. The van der Waals surface area contributed by atoms with Gasteiger partial charge in [-0.3, -0.25) is 9.48 Å². The normalized spacial score (nSPS) is 13.7. The number of aryl methyl sites for hydroxylation is 1. The van der Waals surface area contributed by atoms with Crippen molar-refractivity contribution in [1.82, 2.24) is 30.0 Å². The van der Waals surface area contributed by atoms with Gasteiger partial charge >= 0.3 is 0 Å². The molecular formula is C22H23N7O. The molecule has 0 bridgehead atoms. The van der Waals surface area contributed by atoms with Gasteiger partial charge in [-0.2, -0.15) is 5.10 Å². The molecule has 4 aromatic rings. The van der Waals surface area contributed by atoms with Crippen molar-refractivity contribution < 1.29 is 4.79 Å². The quantitative estimate of drug-likeness (QED) is 0.461. The monoisotopic (exact) mass is 401 g/mol. The Labute approximate surface area is 173 Å². The summed E-state index contributed by atoms with van der Waals surface area (Å²) in [7, 11) is 3.76. The van der Waals surface area contributed by atoms with Crippen LogP contribution in [-0.2, 0) is 18.4 Å². The summed E-state index contributed by atoms with van der Waals surface area (Å²) in [6.07, 6.45) is 5.43. The van der Waals surface area contributed by atoms with Crippen molar-refractivity contribution in [3.63, 3.8) is 0 Å². The Bertz CT molecular complexity index is 1240. The van der Waals surface area contributed by atoms with E-state index >= 15 is 0 Å². The highest BCUT2D eigenvalue weighted by atomic mass is 16.2. The van der Waals surface area contributed by atoms with Crippen LogP contribution in [0.3, 0.4) is 0 Å². The third kappa shape index (κ3) is 3.46. The second kappa shape index (κ2) is 7.38. The molecule has 30 heavy (non-hydrogen) atoms. The predicted molar refractivity (Wildman–Crippen MR) is 116 cm³/mol. The van der Waals surface area contributed by atoms with E-state index in [4.69, 9.17) is 0 Å². The summed E-state index contributed by atoms with van der Waals surface area (Å²) in [6.45, 7) is 0.690. The highest BCUT2D eigenvalue weighted by Crippen LogP contribution is 2.34. The molecule has 5 rings (SSSR count). The standard InChI is InChI=1S/C22H23N7O/c1-23-10-16-11-24-21(27-22(30)13-6-7-13)19-17(16)9-18(26-19)14-4-3-5-15(8-14)20-25-12-29(2)28-20/h3-5,8-9,11-13,23,26H,6-7,10H2,1-2H3,(H,24,27,30). The fraction of sp³-hybridized carbons (Fsp3) is 0.273. The zero-order valence-electron chi connectivity index (χ0n) is 16.9. The maximum Gasteiger partial charge on any atom is 0.228 e. The van der Waals surface area contributed by atoms with Crippen LogP contribution in [0.2, 0.25) is 0 Å². The summed E-state index contributed by atoms with van der Waals surface area (Å²) < 4.78 is 1.69. The van der Waals surface area contributed by atoms with Gasteiger partial charge in [0.1, 0.15) is 6.33 Å². The second-order valence-electron chi connectivity index (χ2n) is 7.72. The summed E-state index contributed by atoms with van der Waals surface area (Å²) in [5, 5.41) is 11.6. The number of amides is 1. The van der Waals surface area contributed by atoms with Crippen molar-refractivity contribution in [2.45, 2.75) is 19.4 Å². The van der Waals surface area contributed by atoms with Crippen LogP contribution in [0.4, 0.5) is 5.82 Å². The van der Waals surface area contributed by atoms with Crippen LogP contribution in [0, 0.1) is 5.92 Å². The van der Waals surface area contributed by atoms with Gasteiger partial charge in [0.15, 0.2) is 11.6 Å². The number of pyridine rings is 1. The van der Waals surface area contributed by atoms with Crippen LogP contribution in [-0.4, -0.2) is 37.7 Å². The van der Waals surface area contributed by atoms with Crippen LogP contribution in [0.5, 0.6) is 0 Å². The molecule has 0 aliphatic heterocycles. The molecule has 3 N–H and O–H groups in total. The molecule has 0 spiro atoms. The first-order chi connectivity index (χ1) is 14.6. The molecule has 3 aromatic heterocycles. The lowest BCUT2D eigenvalue weighted by atomic mass is 10.1. The molecule has 1 aromatic carbocycles. The van der Waals surface area contributed by atoms with Crippen LogP contribution in [0.15, 0.2) is 42.9 Å². The molecule has 1 fully saturated rings. The third-order valence-electron chi connectivity index (χ3n) is 5.34. The van der Waals surface area contributed by atoms with Gasteiger partial charge in [0.25, 0.3) is 0 Å². The number of aromatic nitrogens is 5. The van der Waals surface area contributed by atoms with Crippen LogP contribution in [0.25, 0.3) is 33.5 Å². The molecule has 0 saturated heterocycles. The number of carbonyl (C=O) groups is 1. The lowest BCUT2D eigenvalue weighted by Crippen LogP contribution is -2.15. The van der Waals surface area contributed by atoms with E-state index in [1.165, 1.54) is 0 Å². The van der Waals surface area contributed by atoms with Crippen molar-refractivity contribution in [1.29, 1.82) is 0 Å². The first kappa shape index (κ1) is 18.5. The van der Waals surface area contributed by atoms with E-state index in [0.717, 1.165) is 46.1 Å². The van der Waals surface area contributed by atoms with Crippen LogP contribution < -0.4 is 10.6 Å². The Morgan fingerprint density at radius 1 is 1.23 bits per heavy atom. The molecule has 152 valence electrons. The number of hydrogen-bond acceptors (Lipinski definition) is 5. The number of rotatable bonds is 6. The molecule has 1 aliphatic rings. The van der Waals surface area contributed by atoms with E-state index in [1.54, 1.807) is 11.0 Å². The topological polar surface area (TPSA) is 101 Å². The van der Waals surface area contributed by atoms with Gasteiger partial charge in [0.2, 0.25) is 5.91 Å². The molecule has 1 amide bonds. The Morgan fingerprint density at radius 2 is 2.07 bits per heavy atom. The van der Waals surface area contributed by atoms with Crippen molar-refractivity contribution in [3.05, 3.63) is 48.4 Å². The van der Waals surface area contributed by atoms with Gasteiger partial charge in [-0.25, -0.2) is 9.97 Å². The summed E-state index contributed by atoms with van der Waals surface area (Å²) >= 11 is 0. The van der Waals surface area contributed by atoms with Gasteiger partial charge in [-0.05, 0) is 43.1 Å². The minimum atomic E-state index is 0.0459. The molecule has 8 nitrogen and oxygen atoms in total. The number of hydrogen-bond donors (Lipinski definition) is 3. The first-order valence-electron chi connectivity index (χ1n) is 10.0. The van der Waals surface area contributed by atoms with E-state index in [-0.39, 0.29) is 11.8 Å². The molecule has 1 saturated carbocycles. The minimum absolute atomic E-state index is 0.0459. The van der Waals surface area contributed by atoms with Crippen LogP contribution >= 0.6 is 0 Å². The number of anilines is 1. The average molecular weight is 401 g/mol. The number of carbonyl (C=O) groups excluding carboxylic acids is 1. The Morgan fingerprint density at radius 3 is 2.80 bits per heavy atom. The fourth-order valence-electron chi connectivity index (χ4n) is 3.61. The Kier molecular flexibility index (Phi) is 4.55. The van der Waals surface area contributed by atoms with E-state index < -0.39 is 0 Å². The molecule has 8 heteroatoms. The predicted octanol–water partition coefficient (Wildman–Crippen LogP) is 3.09. The minimum Gasteiger partial charge on any atom is -0.351 e. The Hall–Kier alpha value is -3.52. The van der Waals surface area contributed by atoms with Gasteiger partial charge < -0.3 is 15.6 Å². The van der Waals surface area contributed by atoms with Crippen LogP contribution in [0.1, 0.15) is 18.4 Å². The lowest BCUT2D eigenvalue weighted by molar-refractivity contribution is -0.117. The highest BCUT2D eigenvalue weighted by molar-refractivity contribution is 6.02. The van der Waals surface area contributed by atoms with Crippen molar-refractivity contribution in [2.75, 3.05) is 12.4 Å². The second-order valence-corrected chi connectivity index (χ2v) is 7.72.